The van der Waals surface area contributed by atoms with Crippen LogP contribution in [0.2, 0.25) is 0 Å². The van der Waals surface area contributed by atoms with Crippen LogP contribution in [0.1, 0.15) is 49.4 Å². The minimum atomic E-state index is -2.53. The van der Waals surface area contributed by atoms with Gasteiger partial charge in [0, 0.05) is 18.2 Å². The second kappa shape index (κ2) is 9.07. The Labute approximate surface area is 197 Å². The van der Waals surface area contributed by atoms with Crippen LogP contribution >= 0.6 is 0 Å². The maximum Gasteiger partial charge on any atom is 0.278 e. The van der Waals surface area contributed by atoms with Crippen molar-refractivity contribution in [3.63, 3.8) is 0 Å². The van der Waals surface area contributed by atoms with E-state index in [1.807, 2.05) is 0 Å². The number of ether oxygens (including phenoxy) is 2. The predicted octanol–water partition coefficient (Wildman–Crippen LogP) is 0.927. The topological polar surface area (TPSA) is 142 Å². The number of methoxy groups -OCH3 is 1. The SMILES string of the molecule is CO[C@@]1(C(=O)c2ccccc2)NC(=O)[C@]2(OC([C@@H](O)[C@@H](O)C=C3CCCCC3)=C(C)C2=O)[C@H]1O. The summed E-state index contributed by atoms with van der Waals surface area (Å²) in [4.78, 5) is 39.6. The number of aliphatic hydroxyl groups is 3. The number of carbonyl (C=O) groups excluding carboxylic acids is 3. The molecule has 2 fully saturated rings. The molecule has 4 N–H and O–H groups in total. The van der Waals surface area contributed by atoms with Gasteiger partial charge in [-0.15, -0.1) is 0 Å². The number of amides is 1. The van der Waals surface area contributed by atoms with Crippen molar-refractivity contribution in [2.45, 2.75) is 68.7 Å². The smallest absolute Gasteiger partial charge is 0.278 e. The number of aliphatic hydroxyl groups excluding tert-OH is 3. The molecule has 1 spiro atoms. The molecule has 2 aliphatic heterocycles. The minimum Gasteiger partial charge on any atom is -0.467 e. The molecule has 0 bridgehead atoms. The Kier molecular flexibility index (Phi) is 6.48. The number of ketones is 2. The Hall–Kier alpha value is -2.85. The fourth-order valence-corrected chi connectivity index (χ4v) is 4.94. The van der Waals surface area contributed by atoms with E-state index in [-0.39, 0.29) is 16.9 Å². The monoisotopic (exact) mass is 471 g/mol. The van der Waals surface area contributed by atoms with Gasteiger partial charge >= 0.3 is 0 Å². The van der Waals surface area contributed by atoms with Gasteiger partial charge in [0.25, 0.3) is 11.5 Å². The number of rotatable bonds is 6. The number of Topliss-reactive ketones (excluding diaryl/α,β-unsaturated/α-hetero) is 2. The quantitative estimate of drug-likeness (QED) is 0.273. The van der Waals surface area contributed by atoms with E-state index in [1.165, 1.54) is 19.1 Å². The summed E-state index contributed by atoms with van der Waals surface area (Å²) in [7, 11) is 1.12. The molecule has 1 saturated carbocycles. The predicted molar refractivity (Wildman–Crippen MR) is 119 cm³/mol. The molecule has 2 heterocycles. The summed E-state index contributed by atoms with van der Waals surface area (Å²) in [6, 6.07) is 7.88. The van der Waals surface area contributed by atoms with E-state index in [2.05, 4.69) is 5.32 Å². The lowest BCUT2D eigenvalue weighted by molar-refractivity contribution is -0.163. The van der Waals surface area contributed by atoms with Crippen molar-refractivity contribution in [3.8, 4) is 0 Å². The number of allylic oxidation sites excluding steroid dienone is 1. The third-order valence-corrected chi connectivity index (χ3v) is 6.91. The molecule has 0 aromatic heterocycles. The van der Waals surface area contributed by atoms with Crippen LogP contribution in [0.5, 0.6) is 0 Å². The minimum absolute atomic E-state index is 0.123. The standard InChI is InChI=1S/C25H29NO8/c1-14-19(18(28)17(27)13-15-9-5-3-6-10-15)34-24(20(14)29)22(31)25(33-2,26-23(24)32)21(30)16-11-7-4-8-12-16/h4,7-8,11-13,17-18,22,27-28,31H,3,5-6,9-10H2,1-2H3,(H,26,32)/t17-,18-,22+,24+,25+/m0/s1. The molecule has 1 amide bonds. The van der Waals surface area contributed by atoms with Crippen LogP contribution in [0, 0.1) is 0 Å². The van der Waals surface area contributed by atoms with Gasteiger partial charge in [0.1, 0.15) is 18.0 Å². The van der Waals surface area contributed by atoms with Gasteiger partial charge in [0.15, 0.2) is 6.10 Å². The molecule has 1 saturated heterocycles. The van der Waals surface area contributed by atoms with E-state index >= 15 is 0 Å². The van der Waals surface area contributed by atoms with Crippen LogP contribution in [0.15, 0.2) is 53.3 Å². The van der Waals surface area contributed by atoms with E-state index in [1.54, 1.807) is 24.3 Å². The summed E-state index contributed by atoms with van der Waals surface area (Å²) < 4.78 is 11.0. The van der Waals surface area contributed by atoms with Gasteiger partial charge in [-0.3, -0.25) is 14.4 Å². The Morgan fingerprint density at radius 1 is 1.18 bits per heavy atom. The lowest BCUT2D eigenvalue weighted by Gasteiger charge is -2.32. The van der Waals surface area contributed by atoms with E-state index in [0.717, 1.165) is 44.8 Å². The van der Waals surface area contributed by atoms with Gasteiger partial charge in [0.2, 0.25) is 17.3 Å². The van der Waals surface area contributed by atoms with Crippen LogP contribution < -0.4 is 5.32 Å². The van der Waals surface area contributed by atoms with Crippen LogP contribution in [-0.2, 0) is 19.1 Å². The molecule has 4 rings (SSSR count). The molecule has 0 unspecified atom stereocenters. The van der Waals surface area contributed by atoms with Crippen LogP contribution in [0.3, 0.4) is 0 Å². The molecule has 9 heteroatoms. The Bertz CT molecular complexity index is 1060. The fraction of sp³-hybridized carbons (Fsp3) is 0.480. The maximum absolute atomic E-state index is 13.3. The van der Waals surface area contributed by atoms with Crippen LogP contribution in [-0.4, -0.2) is 69.5 Å². The first-order chi connectivity index (χ1) is 16.2. The highest BCUT2D eigenvalue weighted by molar-refractivity contribution is 6.23. The van der Waals surface area contributed by atoms with Gasteiger partial charge < -0.3 is 30.1 Å². The lowest BCUT2D eigenvalue weighted by Crippen LogP contribution is -2.60. The van der Waals surface area contributed by atoms with Crippen molar-refractivity contribution in [3.05, 3.63) is 58.9 Å². The van der Waals surface area contributed by atoms with E-state index in [4.69, 9.17) is 9.47 Å². The second-order valence-electron chi connectivity index (χ2n) is 8.97. The van der Waals surface area contributed by atoms with Gasteiger partial charge in [-0.05, 0) is 32.6 Å². The molecule has 1 aromatic rings. The van der Waals surface area contributed by atoms with E-state index < -0.39 is 47.1 Å². The molecule has 182 valence electrons. The van der Waals surface area contributed by atoms with Gasteiger partial charge in [-0.1, -0.05) is 48.4 Å². The summed E-state index contributed by atoms with van der Waals surface area (Å²) in [5.41, 5.74) is -3.79. The first-order valence-electron chi connectivity index (χ1n) is 11.3. The molecule has 5 atom stereocenters. The van der Waals surface area contributed by atoms with Crippen LogP contribution in [0.4, 0.5) is 0 Å². The van der Waals surface area contributed by atoms with Gasteiger partial charge in [-0.2, -0.15) is 0 Å². The molecule has 9 nitrogen and oxygen atoms in total. The first-order valence-corrected chi connectivity index (χ1v) is 11.3. The third-order valence-electron chi connectivity index (χ3n) is 6.91. The number of nitrogens with one attached hydrogen (secondary N) is 1. The normalized spacial score (nSPS) is 30.9. The summed E-state index contributed by atoms with van der Waals surface area (Å²) in [5, 5.41) is 34.9. The highest BCUT2D eigenvalue weighted by Gasteiger charge is 2.74. The largest absolute Gasteiger partial charge is 0.467 e. The summed E-state index contributed by atoms with van der Waals surface area (Å²) >= 11 is 0. The van der Waals surface area contributed by atoms with Crippen LogP contribution in [0.25, 0.3) is 0 Å². The van der Waals surface area contributed by atoms with Crippen molar-refractivity contribution >= 4 is 17.5 Å². The summed E-state index contributed by atoms with van der Waals surface area (Å²) in [5.74, 6) is -3.07. The fourth-order valence-electron chi connectivity index (χ4n) is 4.94. The zero-order valence-electron chi connectivity index (χ0n) is 19.1. The van der Waals surface area contributed by atoms with Crippen molar-refractivity contribution < 1.29 is 39.2 Å². The zero-order valence-corrected chi connectivity index (χ0v) is 19.1. The number of hydrogen-bond acceptors (Lipinski definition) is 8. The number of carbonyl (C=O) groups is 3. The maximum atomic E-state index is 13.3. The average Bonchev–Trinajstić information content (AvgIpc) is 3.25. The molecular formula is C25H29NO8. The van der Waals surface area contributed by atoms with E-state index in [9.17, 15) is 29.7 Å². The van der Waals surface area contributed by atoms with Crippen molar-refractivity contribution in [2.24, 2.45) is 0 Å². The molecule has 1 aliphatic carbocycles. The average molecular weight is 472 g/mol. The lowest BCUT2D eigenvalue weighted by atomic mass is 9.85. The summed E-state index contributed by atoms with van der Waals surface area (Å²) in [6.07, 6.45) is 1.19. The van der Waals surface area contributed by atoms with Gasteiger partial charge in [0.05, 0.1) is 0 Å². The summed E-state index contributed by atoms with van der Waals surface area (Å²) in [6.45, 7) is 1.34. The van der Waals surface area contributed by atoms with Crippen molar-refractivity contribution in [2.75, 3.05) is 7.11 Å². The van der Waals surface area contributed by atoms with Crippen molar-refractivity contribution in [1.29, 1.82) is 0 Å². The zero-order chi connectivity index (χ0) is 24.7. The third kappa shape index (κ3) is 3.60. The number of hydrogen-bond donors (Lipinski definition) is 4. The Balaban J connectivity index is 1.64. The van der Waals surface area contributed by atoms with Gasteiger partial charge in [-0.25, -0.2) is 0 Å². The second-order valence-corrected chi connectivity index (χ2v) is 8.97. The van der Waals surface area contributed by atoms with E-state index in [0.29, 0.717) is 0 Å². The number of benzene rings is 1. The Morgan fingerprint density at radius 2 is 1.82 bits per heavy atom. The Morgan fingerprint density at radius 3 is 2.44 bits per heavy atom. The first kappa shape index (κ1) is 24.3. The van der Waals surface area contributed by atoms with Crippen molar-refractivity contribution in [1.82, 2.24) is 5.32 Å². The highest BCUT2D eigenvalue weighted by atomic mass is 16.6. The molecule has 0 radical (unpaired) electrons. The highest BCUT2D eigenvalue weighted by Crippen LogP contribution is 2.44. The molecule has 34 heavy (non-hydrogen) atoms. The molecule has 3 aliphatic rings. The molecule has 1 aromatic carbocycles. The molecular weight excluding hydrogens is 442 g/mol.